The Bertz CT molecular complexity index is 516. The van der Waals surface area contributed by atoms with Crippen LogP contribution in [-0.2, 0) is 14.8 Å². The highest BCUT2D eigenvalue weighted by Gasteiger charge is 2.22. The van der Waals surface area contributed by atoms with Crippen LogP contribution in [0.5, 0.6) is 0 Å². The Balaban J connectivity index is 3.06. The second-order valence-corrected chi connectivity index (χ2v) is 5.72. The molecule has 1 aromatic carbocycles. The van der Waals surface area contributed by atoms with E-state index in [2.05, 4.69) is 16.4 Å². The van der Waals surface area contributed by atoms with Gasteiger partial charge in [0.05, 0.1) is 4.90 Å². The summed E-state index contributed by atoms with van der Waals surface area (Å²) in [6.07, 6.45) is -0.589. The predicted molar refractivity (Wildman–Crippen MR) is 71.7 cm³/mol. The second kappa shape index (κ2) is 6.74. The van der Waals surface area contributed by atoms with Crippen molar-refractivity contribution >= 4 is 16.7 Å². The van der Waals surface area contributed by atoms with Gasteiger partial charge < -0.3 is 4.74 Å². The van der Waals surface area contributed by atoms with Crippen molar-refractivity contribution in [1.29, 1.82) is 0 Å². The van der Waals surface area contributed by atoms with Gasteiger partial charge in [-0.05, 0) is 31.5 Å². The zero-order chi connectivity index (χ0) is 14.5. The SMILES string of the molecule is C=N[C@H](CF)[C@H](OC)c1ccc(S(=O)(=O)NC)cc1. The van der Waals surface area contributed by atoms with E-state index in [1.807, 2.05) is 0 Å². The number of halogens is 1. The van der Waals surface area contributed by atoms with Crippen LogP contribution in [0.2, 0.25) is 0 Å². The molecule has 0 aliphatic rings. The van der Waals surface area contributed by atoms with E-state index in [0.717, 1.165) is 0 Å². The summed E-state index contributed by atoms with van der Waals surface area (Å²) in [6.45, 7) is 2.62. The quantitative estimate of drug-likeness (QED) is 0.769. The molecule has 0 radical (unpaired) electrons. The summed E-state index contributed by atoms with van der Waals surface area (Å²) in [5, 5.41) is 0. The number of hydrogen-bond acceptors (Lipinski definition) is 4. The Labute approximate surface area is 112 Å². The van der Waals surface area contributed by atoms with E-state index >= 15 is 0 Å². The normalized spacial score (nSPS) is 14.9. The Morgan fingerprint density at radius 3 is 2.37 bits per heavy atom. The molecule has 0 heterocycles. The van der Waals surface area contributed by atoms with Crippen molar-refractivity contribution in [3.63, 3.8) is 0 Å². The minimum Gasteiger partial charge on any atom is -0.374 e. The number of nitrogens with zero attached hydrogens (tertiary/aromatic N) is 1. The largest absolute Gasteiger partial charge is 0.374 e. The first kappa shape index (κ1) is 15.7. The fraction of sp³-hybridized carbons (Fsp3) is 0.417. The summed E-state index contributed by atoms with van der Waals surface area (Å²) in [6, 6.07) is 5.31. The van der Waals surface area contributed by atoms with Crippen LogP contribution in [0.1, 0.15) is 11.7 Å². The fourth-order valence-corrected chi connectivity index (χ4v) is 2.43. The third-order valence-corrected chi connectivity index (χ3v) is 4.21. The first-order chi connectivity index (χ1) is 9.00. The van der Waals surface area contributed by atoms with E-state index in [4.69, 9.17) is 4.74 Å². The van der Waals surface area contributed by atoms with Gasteiger partial charge in [-0.15, -0.1) is 0 Å². The molecule has 0 amide bonds. The third kappa shape index (κ3) is 3.59. The van der Waals surface area contributed by atoms with Gasteiger partial charge in [0, 0.05) is 7.11 Å². The van der Waals surface area contributed by atoms with E-state index in [0.29, 0.717) is 5.56 Å². The summed E-state index contributed by atoms with van der Waals surface area (Å²) in [5.41, 5.74) is 0.646. The van der Waals surface area contributed by atoms with E-state index in [-0.39, 0.29) is 4.90 Å². The lowest BCUT2D eigenvalue weighted by Crippen LogP contribution is -2.21. The third-order valence-electron chi connectivity index (χ3n) is 2.78. The minimum absolute atomic E-state index is 0.136. The number of sulfonamides is 1. The number of methoxy groups -OCH3 is 1. The highest BCUT2D eigenvalue weighted by molar-refractivity contribution is 7.89. The van der Waals surface area contributed by atoms with Crippen LogP contribution in [0, 0.1) is 0 Å². The molecule has 19 heavy (non-hydrogen) atoms. The summed E-state index contributed by atoms with van der Waals surface area (Å²) in [5.74, 6) is 0. The molecule has 0 saturated carbocycles. The van der Waals surface area contributed by atoms with Gasteiger partial charge in [0.1, 0.15) is 18.8 Å². The summed E-state index contributed by atoms with van der Waals surface area (Å²) >= 11 is 0. The monoisotopic (exact) mass is 288 g/mol. The molecule has 1 rings (SSSR count). The molecule has 106 valence electrons. The maximum Gasteiger partial charge on any atom is 0.240 e. The maximum atomic E-state index is 12.8. The van der Waals surface area contributed by atoms with Crippen molar-refractivity contribution in [2.24, 2.45) is 4.99 Å². The molecular formula is C12H17FN2O3S. The van der Waals surface area contributed by atoms with E-state index in [1.54, 1.807) is 12.1 Å². The molecule has 0 aromatic heterocycles. The number of ether oxygens (including phenoxy) is 1. The minimum atomic E-state index is -3.48. The molecule has 1 N–H and O–H groups in total. The highest BCUT2D eigenvalue weighted by atomic mass is 32.2. The smallest absolute Gasteiger partial charge is 0.240 e. The first-order valence-corrected chi connectivity index (χ1v) is 7.06. The average molecular weight is 288 g/mol. The Hall–Kier alpha value is -1.31. The van der Waals surface area contributed by atoms with Crippen molar-refractivity contribution in [1.82, 2.24) is 4.72 Å². The topological polar surface area (TPSA) is 67.8 Å². The predicted octanol–water partition coefficient (Wildman–Crippen LogP) is 1.32. The van der Waals surface area contributed by atoms with Gasteiger partial charge in [-0.3, -0.25) is 4.99 Å². The maximum absolute atomic E-state index is 12.8. The average Bonchev–Trinajstić information content (AvgIpc) is 2.44. The van der Waals surface area contributed by atoms with Crippen molar-refractivity contribution in [3.05, 3.63) is 29.8 Å². The number of aliphatic imine (C=N–C) groups is 1. The van der Waals surface area contributed by atoms with Crippen LogP contribution < -0.4 is 4.72 Å². The van der Waals surface area contributed by atoms with Crippen molar-refractivity contribution in [2.45, 2.75) is 17.0 Å². The van der Waals surface area contributed by atoms with Gasteiger partial charge in [0.15, 0.2) is 0 Å². The Kier molecular flexibility index (Phi) is 5.59. The van der Waals surface area contributed by atoms with Crippen LogP contribution in [-0.4, -0.2) is 42.0 Å². The van der Waals surface area contributed by atoms with Crippen molar-refractivity contribution in [2.75, 3.05) is 20.8 Å². The van der Waals surface area contributed by atoms with Gasteiger partial charge in [0.2, 0.25) is 10.0 Å². The standard InChI is InChI=1S/C12H17FN2O3S/c1-14-11(8-13)12(18-3)9-4-6-10(7-5-9)19(16,17)15-2/h4-7,11-12,15H,1,8H2,2-3H3/t11-,12-/m1/s1. The lowest BCUT2D eigenvalue weighted by molar-refractivity contribution is 0.0731. The van der Waals surface area contributed by atoms with Gasteiger partial charge in [-0.2, -0.15) is 0 Å². The zero-order valence-corrected chi connectivity index (χ0v) is 11.7. The molecule has 7 heteroatoms. The molecule has 0 fully saturated rings. The Morgan fingerprint density at radius 2 is 2.00 bits per heavy atom. The molecule has 0 spiro atoms. The van der Waals surface area contributed by atoms with Crippen LogP contribution >= 0.6 is 0 Å². The summed E-state index contributed by atoms with van der Waals surface area (Å²) in [7, 11) is -0.703. The Morgan fingerprint density at radius 1 is 1.42 bits per heavy atom. The van der Waals surface area contributed by atoms with Crippen LogP contribution in [0.25, 0.3) is 0 Å². The second-order valence-electron chi connectivity index (χ2n) is 3.84. The zero-order valence-electron chi connectivity index (χ0n) is 10.8. The van der Waals surface area contributed by atoms with Crippen molar-refractivity contribution < 1.29 is 17.5 Å². The molecule has 0 bridgehead atoms. The van der Waals surface area contributed by atoms with Crippen molar-refractivity contribution in [3.8, 4) is 0 Å². The first-order valence-electron chi connectivity index (χ1n) is 5.58. The molecule has 5 nitrogen and oxygen atoms in total. The molecule has 0 aliphatic heterocycles. The number of benzene rings is 1. The van der Waals surface area contributed by atoms with E-state index in [9.17, 15) is 12.8 Å². The number of hydrogen-bond donors (Lipinski definition) is 1. The summed E-state index contributed by atoms with van der Waals surface area (Å²) in [4.78, 5) is 3.80. The molecule has 1 aromatic rings. The van der Waals surface area contributed by atoms with E-state index < -0.39 is 28.8 Å². The number of nitrogens with one attached hydrogen (secondary N) is 1. The van der Waals surface area contributed by atoms with Crippen LogP contribution in [0.15, 0.2) is 34.2 Å². The van der Waals surface area contributed by atoms with Gasteiger partial charge in [-0.1, -0.05) is 12.1 Å². The van der Waals surface area contributed by atoms with Gasteiger partial charge >= 0.3 is 0 Å². The molecule has 0 aliphatic carbocycles. The molecular weight excluding hydrogens is 271 g/mol. The molecule has 0 unspecified atom stereocenters. The molecule has 0 saturated heterocycles. The number of rotatable bonds is 7. The van der Waals surface area contributed by atoms with E-state index in [1.165, 1.54) is 26.3 Å². The number of alkyl halides is 1. The lowest BCUT2D eigenvalue weighted by Gasteiger charge is -2.20. The fourth-order valence-electron chi connectivity index (χ4n) is 1.70. The highest BCUT2D eigenvalue weighted by Crippen LogP contribution is 2.24. The van der Waals surface area contributed by atoms with Crippen LogP contribution in [0.4, 0.5) is 4.39 Å². The van der Waals surface area contributed by atoms with Gasteiger partial charge in [-0.25, -0.2) is 17.5 Å². The summed E-state index contributed by atoms with van der Waals surface area (Å²) < 4.78 is 43.3. The van der Waals surface area contributed by atoms with Crippen LogP contribution in [0.3, 0.4) is 0 Å². The lowest BCUT2D eigenvalue weighted by atomic mass is 10.0. The van der Waals surface area contributed by atoms with Gasteiger partial charge in [0.25, 0.3) is 0 Å². The molecule has 2 atom stereocenters.